The Hall–Kier alpha value is -1.81. The molecule has 1 unspecified atom stereocenters. The maximum absolute atomic E-state index is 5.49. The number of likely N-dealkylation sites (N-methyl/N-ethyl adjacent to an activating group) is 1. The Morgan fingerprint density at radius 3 is 2.60 bits per heavy atom. The average molecular weight is 273 g/mol. The zero-order valence-electron chi connectivity index (χ0n) is 12.9. The van der Waals surface area contributed by atoms with Crippen LogP contribution in [0.5, 0.6) is 5.75 Å². The van der Waals surface area contributed by atoms with Crippen molar-refractivity contribution >= 4 is 0 Å². The molecule has 0 fully saturated rings. The minimum absolute atomic E-state index is 0.208. The quantitative estimate of drug-likeness (QED) is 0.910. The first-order valence-corrected chi connectivity index (χ1v) is 6.86. The Bertz CT molecular complexity index is 589. The zero-order chi connectivity index (χ0) is 14.7. The molecule has 4 nitrogen and oxygen atoms in total. The first kappa shape index (κ1) is 14.6. The van der Waals surface area contributed by atoms with Gasteiger partial charge in [0.05, 0.1) is 12.8 Å². The molecule has 4 heteroatoms. The summed E-state index contributed by atoms with van der Waals surface area (Å²) in [5, 5.41) is 7.79. The van der Waals surface area contributed by atoms with Crippen molar-refractivity contribution in [2.45, 2.75) is 26.3 Å². The van der Waals surface area contributed by atoms with E-state index >= 15 is 0 Å². The summed E-state index contributed by atoms with van der Waals surface area (Å²) in [6.07, 6.45) is 0.883. The van der Waals surface area contributed by atoms with E-state index in [4.69, 9.17) is 4.74 Å². The molecular weight excluding hydrogens is 250 g/mol. The predicted octanol–water partition coefficient (Wildman–Crippen LogP) is 2.55. The van der Waals surface area contributed by atoms with Gasteiger partial charge in [-0.05, 0) is 33.0 Å². The van der Waals surface area contributed by atoms with Crippen molar-refractivity contribution in [3.8, 4) is 5.75 Å². The molecule has 1 heterocycles. The molecule has 0 aliphatic heterocycles. The molecule has 0 saturated heterocycles. The Morgan fingerprint density at radius 2 is 2.05 bits per heavy atom. The first-order chi connectivity index (χ1) is 9.55. The number of rotatable bonds is 5. The van der Waals surface area contributed by atoms with Crippen LogP contribution in [0.15, 0.2) is 24.3 Å². The molecular formula is C16H23N3O. The molecule has 0 amide bonds. The van der Waals surface area contributed by atoms with Crippen LogP contribution in [0.25, 0.3) is 0 Å². The van der Waals surface area contributed by atoms with Crippen LogP contribution >= 0.6 is 0 Å². The van der Waals surface area contributed by atoms with E-state index in [-0.39, 0.29) is 6.04 Å². The van der Waals surface area contributed by atoms with E-state index in [0.717, 1.165) is 17.9 Å². The summed E-state index contributed by atoms with van der Waals surface area (Å²) in [6, 6.07) is 8.63. The summed E-state index contributed by atoms with van der Waals surface area (Å²) in [7, 11) is 5.69. The third-order valence-corrected chi connectivity index (χ3v) is 3.62. The van der Waals surface area contributed by atoms with Crippen molar-refractivity contribution < 1.29 is 4.74 Å². The lowest BCUT2D eigenvalue weighted by atomic mass is 9.99. The molecule has 0 bridgehead atoms. The second-order valence-corrected chi connectivity index (χ2v) is 5.19. The Balaban J connectivity index is 2.33. The number of aromatic nitrogens is 2. The second kappa shape index (κ2) is 6.09. The number of nitrogens with one attached hydrogen (secondary N) is 1. The molecule has 0 radical (unpaired) electrons. The minimum Gasteiger partial charge on any atom is -0.496 e. The van der Waals surface area contributed by atoms with Crippen LogP contribution in [0.2, 0.25) is 0 Å². The van der Waals surface area contributed by atoms with Crippen LogP contribution in [0.4, 0.5) is 0 Å². The summed E-state index contributed by atoms with van der Waals surface area (Å²) >= 11 is 0. The number of ether oxygens (including phenoxy) is 1. The topological polar surface area (TPSA) is 39.1 Å². The van der Waals surface area contributed by atoms with Crippen LogP contribution in [0.3, 0.4) is 0 Å². The molecule has 1 aromatic heterocycles. The average Bonchev–Trinajstić information content (AvgIpc) is 2.74. The monoisotopic (exact) mass is 273 g/mol. The zero-order valence-corrected chi connectivity index (χ0v) is 12.9. The number of hydrogen-bond acceptors (Lipinski definition) is 3. The molecule has 0 aliphatic carbocycles. The molecule has 1 aromatic carbocycles. The number of methoxy groups -OCH3 is 1. The molecule has 2 aromatic rings. The highest BCUT2D eigenvalue weighted by Crippen LogP contribution is 2.28. The fraction of sp³-hybridized carbons (Fsp3) is 0.438. The van der Waals surface area contributed by atoms with Crippen LogP contribution in [-0.4, -0.2) is 23.9 Å². The maximum Gasteiger partial charge on any atom is 0.123 e. The van der Waals surface area contributed by atoms with E-state index in [1.807, 2.05) is 31.8 Å². The second-order valence-electron chi connectivity index (χ2n) is 5.19. The molecule has 1 N–H and O–H groups in total. The van der Waals surface area contributed by atoms with Crippen molar-refractivity contribution in [3.63, 3.8) is 0 Å². The number of hydrogen-bond donors (Lipinski definition) is 1. The minimum atomic E-state index is 0.208. The van der Waals surface area contributed by atoms with Gasteiger partial charge in [-0.15, -0.1) is 0 Å². The van der Waals surface area contributed by atoms with Crippen molar-refractivity contribution in [1.29, 1.82) is 0 Å². The van der Waals surface area contributed by atoms with E-state index in [9.17, 15) is 0 Å². The fourth-order valence-corrected chi connectivity index (χ4v) is 2.56. The fourth-order valence-electron chi connectivity index (χ4n) is 2.56. The summed E-state index contributed by atoms with van der Waals surface area (Å²) < 4.78 is 7.44. The molecule has 0 saturated carbocycles. The first-order valence-electron chi connectivity index (χ1n) is 6.86. The normalized spacial score (nSPS) is 12.4. The van der Waals surface area contributed by atoms with Gasteiger partial charge in [0.1, 0.15) is 5.75 Å². The van der Waals surface area contributed by atoms with Gasteiger partial charge < -0.3 is 10.1 Å². The lowest BCUT2D eigenvalue weighted by molar-refractivity contribution is 0.400. The lowest BCUT2D eigenvalue weighted by Gasteiger charge is -2.20. The van der Waals surface area contributed by atoms with Crippen molar-refractivity contribution in [3.05, 3.63) is 46.8 Å². The highest BCUT2D eigenvalue weighted by atomic mass is 16.5. The van der Waals surface area contributed by atoms with Gasteiger partial charge in [-0.3, -0.25) is 4.68 Å². The van der Waals surface area contributed by atoms with Crippen molar-refractivity contribution in [2.24, 2.45) is 7.05 Å². The highest BCUT2D eigenvalue weighted by molar-refractivity contribution is 5.39. The molecule has 0 aliphatic rings. The van der Waals surface area contributed by atoms with Gasteiger partial charge in [0.2, 0.25) is 0 Å². The number of benzene rings is 1. The van der Waals surface area contributed by atoms with E-state index in [0.29, 0.717) is 0 Å². The Morgan fingerprint density at radius 1 is 1.30 bits per heavy atom. The van der Waals surface area contributed by atoms with E-state index in [2.05, 4.69) is 35.5 Å². The van der Waals surface area contributed by atoms with Crippen LogP contribution < -0.4 is 10.1 Å². The molecule has 1 atom stereocenters. The Labute approximate surface area is 120 Å². The van der Waals surface area contributed by atoms with Crippen LogP contribution in [0, 0.1) is 13.8 Å². The van der Waals surface area contributed by atoms with Gasteiger partial charge in [-0.25, -0.2) is 0 Å². The predicted molar refractivity (Wildman–Crippen MR) is 81.2 cm³/mol. The SMILES string of the molecule is CNC(Cc1cc(C)nn1C)c1cc(C)ccc1OC. The van der Waals surface area contributed by atoms with Gasteiger partial charge in [0.25, 0.3) is 0 Å². The molecule has 108 valence electrons. The van der Waals surface area contributed by atoms with Gasteiger partial charge in [0, 0.05) is 30.8 Å². The van der Waals surface area contributed by atoms with Gasteiger partial charge >= 0.3 is 0 Å². The molecule has 20 heavy (non-hydrogen) atoms. The van der Waals surface area contributed by atoms with Crippen LogP contribution in [-0.2, 0) is 13.5 Å². The maximum atomic E-state index is 5.49. The van der Waals surface area contributed by atoms with Crippen LogP contribution in [0.1, 0.15) is 28.6 Å². The standard InChI is InChI=1S/C16H23N3O/c1-11-6-7-16(20-5)14(8-11)15(17-3)10-13-9-12(2)18-19(13)4/h6-9,15,17H,10H2,1-5H3. The number of nitrogens with zero attached hydrogens (tertiary/aromatic N) is 2. The third kappa shape index (κ3) is 3.02. The summed E-state index contributed by atoms with van der Waals surface area (Å²) in [5.74, 6) is 0.925. The largest absolute Gasteiger partial charge is 0.496 e. The third-order valence-electron chi connectivity index (χ3n) is 3.62. The molecule has 0 spiro atoms. The van der Waals surface area contributed by atoms with Gasteiger partial charge in [0.15, 0.2) is 0 Å². The highest BCUT2D eigenvalue weighted by Gasteiger charge is 2.17. The van der Waals surface area contributed by atoms with Gasteiger partial charge in [-0.2, -0.15) is 5.10 Å². The van der Waals surface area contributed by atoms with Gasteiger partial charge in [-0.1, -0.05) is 17.7 Å². The number of aryl methyl sites for hydroxylation is 3. The summed E-state index contributed by atoms with van der Waals surface area (Å²) in [6.45, 7) is 4.12. The van der Waals surface area contributed by atoms with Crippen molar-refractivity contribution in [2.75, 3.05) is 14.2 Å². The summed E-state index contributed by atoms with van der Waals surface area (Å²) in [5.41, 5.74) is 4.69. The smallest absolute Gasteiger partial charge is 0.123 e. The summed E-state index contributed by atoms with van der Waals surface area (Å²) in [4.78, 5) is 0. The van der Waals surface area contributed by atoms with E-state index < -0.39 is 0 Å². The van der Waals surface area contributed by atoms with E-state index in [1.54, 1.807) is 7.11 Å². The molecule has 2 rings (SSSR count). The van der Waals surface area contributed by atoms with Crippen molar-refractivity contribution in [1.82, 2.24) is 15.1 Å². The Kier molecular flexibility index (Phi) is 4.45. The van der Waals surface area contributed by atoms with E-state index in [1.165, 1.54) is 16.8 Å². The lowest BCUT2D eigenvalue weighted by Crippen LogP contribution is -2.21.